The Kier molecular flexibility index (Phi) is 9.33. The van der Waals surface area contributed by atoms with Gasteiger partial charge in [0.25, 0.3) is 5.91 Å². The van der Waals surface area contributed by atoms with E-state index in [1.54, 1.807) is 32.0 Å². The number of hydrogen-bond donors (Lipinski definition) is 3. The zero-order valence-electron chi connectivity index (χ0n) is 22.2. The molecule has 1 aliphatic heterocycles. The van der Waals surface area contributed by atoms with E-state index in [0.717, 1.165) is 6.07 Å². The van der Waals surface area contributed by atoms with E-state index in [2.05, 4.69) is 20.9 Å². The van der Waals surface area contributed by atoms with Crippen molar-refractivity contribution in [3.8, 4) is 11.5 Å². The summed E-state index contributed by atoms with van der Waals surface area (Å²) in [5, 5.41) is 7.49. The van der Waals surface area contributed by atoms with Gasteiger partial charge in [-0.15, -0.1) is 0 Å². The Balaban J connectivity index is 1.86. The van der Waals surface area contributed by atoms with Crippen LogP contribution in [0, 0.1) is 23.7 Å². The van der Waals surface area contributed by atoms with Crippen molar-refractivity contribution in [2.45, 2.75) is 39.3 Å². The van der Waals surface area contributed by atoms with E-state index < -0.39 is 65.2 Å². The lowest BCUT2D eigenvalue weighted by Crippen LogP contribution is -2.49. The molecule has 0 radical (unpaired) electrons. The van der Waals surface area contributed by atoms with E-state index in [9.17, 15) is 28.4 Å². The van der Waals surface area contributed by atoms with Crippen LogP contribution in [0.5, 0.6) is 11.5 Å². The van der Waals surface area contributed by atoms with Crippen molar-refractivity contribution in [1.29, 1.82) is 0 Å². The summed E-state index contributed by atoms with van der Waals surface area (Å²) in [6.45, 7) is 4.88. The van der Waals surface area contributed by atoms with Crippen LogP contribution in [0.4, 0.5) is 4.39 Å². The zero-order valence-corrected chi connectivity index (χ0v) is 22.2. The van der Waals surface area contributed by atoms with Crippen LogP contribution in [0.15, 0.2) is 36.4 Å². The Bertz CT molecular complexity index is 1280. The Labute approximate surface area is 224 Å². The molecular formula is C27H31FN4O7. The molecule has 11 nitrogen and oxygen atoms in total. The predicted octanol–water partition coefficient (Wildman–Crippen LogP) is 1.72. The van der Waals surface area contributed by atoms with Gasteiger partial charge >= 0.3 is 0 Å². The summed E-state index contributed by atoms with van der Waals surface area (Å²) < 4.78 is 24.2. The topological polar surface area (TPSA) is 153 Å². The molecule has 3 rings (SSSR count). The lowest BCUT2D eigenvalue weighted by molar-refractivity contribution is -0.137. The monoisotopic (exact) mass is 542 g/mol. The van der Waals surface area contributed by atoms with Crippen molar-refractivity contribution in [1.82, 2.24) is 20.9 Å². The maximum Gasteiger partial charge on any atom is 0.270 e. The Morgan fingerprint density at radius 3 is 2.28 bits per heavy atom. The Hall–Kier alpha value is -4.35. The van der Waals surface area contributed by atoms with Crippen LogP contribution in [0.25, 0.3) is 0 Å². The number of nitrogens with zero attached hydrogens (tertiary/aromatic N) is 1. The number of benzene rings is 1. The van der Waals surface area contributed by atoms with Crippen LogP contribution < -0.4 is 25.4 Å². The second-order valence-corrected chi connectivity index (χ2v) is 9.50. The highest BCUT2D eigenvalue weighted by Crippen LogP contribution is 2.31. The van der Waals surface area contributed by atoms with Crippen LogP contribution in [-0.2, 0) is 19.2 Å². The number of nitrogens with one attached hydrogen (secondary N) is 3. The Morgan fingerprint density at radius 1 is 1.03 bits per heavy atom. The summed E-state index contributed by atoms with van der Waals surface area (Å²) in [6, 6.07) is 6.55. The number of pyridine rings is 1. The number of amides is 4. The molecule has 4 atom stereocenters. The first-order valence-corrected chi connectivity index (χ1v) is 12.3. The number of imide groups is 1. The number of carbonyl (C=O) groups is 5. The molecule has 3 N–H and O–H groups in total. The number of halogens is 1. The molecule has 1 fully saturated rings. The highest BCUT2D eigenvalue weighted by atomic mass is 19.1. The molecule has 1 aliphatic rings. The van der Waals surface area contributed by atoms with Crippen molar-refractivity contribution in [2.24, 2.45) is 17.8 Å². The van der Waals surface area contributed by atoms with Crippen molar-refractivity contribution >= 4 is 29.4 Å². The number of hydrogen-bond acceptors (Lipinski definition) is 8. The third-order valence-electron chi connectivity index (χ3n) is 6.49. The lowest BCUT2D eigenvalue weighted by Gasteiger charge is -2.26. The number of rotatable bonds is 11. The molecule has 2 heterocycles. The summed E-state index contributed by atoms with van der Waals surface area (Å²) in [5.74, 6) is -5.71. The molecule has 0 saturated carbocycles. The normalized spacial score (nSPS) is 18.2. The minimum Gasteiger partial charge on any atom is -0.493 e. The molecule has 1 aromatic carbocycles. The average Bonchev–Trinajstić information content (AvgIpc) is 3.16. The van der Waals surface area contributed by atoms with Gasteiger partial charge < -0.3 is 20.1 Å². The van der Waals surface area contributed by atoms with Gasteiger partial charge in [-0.3, -0.25) is 29.3 Å². The van der Waals surface area contributed by atoms with Gasteiger partial charge in [-0.25, -0.2) is 4.98 Å². The van der Waals surface area contributed by atoms with Crippen LogP contribution in [-0.4, -0.2) is 54.7 Å². The first-order valence-electron chi connectivity index (χ1n) is 12.3. The van der Waals surface area contributed by atoms with E-state index in [0.29, 0.717) is 17.1 Å². The van der Waals surface area contributed by atoms with Crippen LogP contribution in [0.2, 0.25) is 0 Å². The molecule has 0 spiro atoms. The van der Waals surface area contributed by atoms with Gasteiger partial charge in [0.2, 0.25) is 23.7 Å². The van der Waals surface area contributed by atoms with Gasteiger partial charge in [-0.1, -0.05) is 32.9 Å². The van der Waals surface area contributed by atoms with E-state index in [4.69, 9.17) is 9.47 Å². The van der Waals surface area contributed by atoms with Gasteiger partial charge in [-0.2, -0.15) is 4.39 Å². The highest BCUT2D eigenvalue weighted by molar-refractivity contribution is 6.16. The van der Waals surface area contributed by atoms with Gasteiger partial charge in [0.05, 0.1) is 38.6 Å². The predicted molar refractivity (Wildman–Crippen MR) is 136 cm³/mol. The van der Waals surface area contributed by atoms with Crippen LogP contribution >= 0.6 is 0 Å². The quantitative estimate of drug-likeness (QED) is 0.220. The van der Waals surface area contributed by atoms with Crippen molar-refractivity contribution < 1.29 is 37.8 Å². The van der Waals surface area contributed by atoms with E-state index in [1.807, 2.05) is 0 Å². The molecule has 0 aliphatic carbocycles. The molecule has 2 aromatic rings. The second-order valence-electron chi connectivity index (χ2n) is 9.50. The minimum absolute atomic E-state index is 0.193. The van der Waals surface area contributed by atoms with Gasteiger partial charge in [-0.05, 0) is 35.7 Å². The third kappa shape index (κ3) is 6.75. The van der Waals surface area contributed by atoms with E-state index in [1.165, 1.54) is 33.3 Å². The SMILES string of the molecule is COc1ccc(C(CC(=O)N[C@H](C(=O)[C@@H]2C(=O)NC(=O)[C@H]2C)C(C)C)NC(=O)c2cccc(F)n2)cc1OC. The smallest absolute Gasteiger partial charge is 0.270 e. The fourth-order valence-electron chi connectivity index (χ4n) is 4.33. The number of Topliss-reactive ketones (excluding diaryl/α,β-unsaturated/α-hetero) is 1. The lowest BCUT2D eigenvalue weighted by atomic mass is 9.85. The summed E-state index contributed by atoms with van der Waals surface area (Å²) in [4.78, 5) is 67.1. The van der Waals surface area contributed by atoms with Crippen molar-refractivity contribution in [3.63, 3.8) is 0 Å². The fourth-order valence-corrected chi connectivity index (χ4v) is 4.33. The summed E-state index contributed by atoms with van der Waals surface area (Å²) in [7, 11) is 2.89. The van der Waals surface area contributed by atoms with Gasteiger partial charge in [0.1, 0.15) is 11.6 Å². The maximum atomic E-state index is 13.6. The largest absolute Gasteiger partial charge is 0.493 e. The molecule has 39 heavy (non-hydrogen) atoms. The summed E-state index contributed by atoms with van der Waals surface area (Å²) >= 11 is 0. The number of methoxy groups -OCH3 is 2. The Morgan fingerprint density at radius 2 is 1.72 bits per heavy atom. The summed E-state index contributed by atoms with van der Waals surface area (Å²) in [6.07, 6.45) is -0.321. The number of carbonyl (C=O) groups excluding carboxylic acids is 5. The van der Waals surface area contributed by atoms with Crippen LogP contribution in [0.3, 0.4) is 0 Å². The molecule has 208 valence electrons. The van der Waals surface area contributed by atoms with Crippen molar-refractivity contribution in [3.05, 3.63) is 53.6 Å². The number of ether oxygens (including phenoxy) is 2. The molecule has 0 bridgehead atoms. The molecular weight excluding hydrogens is 511 g/mol. The van der Waals surface area contributed by atoms with Gasteiger partial charge in [0.15, 0.2) is 17.3 Å². The minimum atomic E-state index is -1.22. The molecule has 1 unspecified atom stereocenters. The molecule has 12 heteroatoms. The molecule has 4 amide bonds. The van der Waals surface area contributed by atoms with Crippen molar-refractivity contribution in [2.75, 3.05) is 14.2 Å². The van der Waals surface area contributed by atoms with E-state index >= 15 is 0 Å². The average molecular weight is 543 g/mol. The van der Waals surface area contributed by atoms with Crippen LogP contribution in [0.1, 0.15) is 49.3 Å². The first kappa shape index (κ1) is 29.2. The number of aromatic nitrogens is 1. The summed E-state index contributed by atoms with van der Waals surface area (Å²) in [5.41, 5.74) is 0.274. The zero-order chi connectivity index (χ0) is 28.9. The number of ketones is 1. The van der Waals surface area contributed by atoms with E-state index in [-0.39, 0.29) is 12.1 Å². The maximum absolute atomic E-state index is 13.6. The first-order chi connectivity index (χ1) is 18.5. The molecule has 1 aromatic heterocycles. The standard InChI is InChI=1S/C27H31FN4O7/c1-13(2)23(24(34)22-14(3)25(35)32-27(22)37)31-21(33)12-17(15-9-10-18(38-4)19(11-15)39-5)30-26(36)16-7-6-8-20(28)29-16/h6-11,13-14,17,22-23H,12H2,1-5H3,(H,30,36)(H,31,33)(H,32,35,37)/t14-,17?,22+,23-/m0/s1. The van der Waals surface area contributed by atoms with Gasteiger partial charge in [0, 0.05) is 0 Å². The fraction of sp³-hybridized carbons (Fsp3) is 0.407. The highest BCUT2D eigenvalue weighted by Gasteiger charge is 2.46. The molecule has 1 saturated heterocycles. The third-order valence-corrected chi connectivity index (χ3v) is 6.49. The second kappa shape index (κ2) is 12.5.